The molecule has 170 valence electrons. The van der Waals surface area contributed by atoms with Crippen LogP contribution in [0, 0.1) is 5.41 Å². The maximum Gasteiger partial charge on any atom is 0.306 e. The van der Waals surface area contributed by atoms with Gasteiger partial charge in [-0.2, -0.15) is 0 Å². The first-order valence-corrected chi connectivity index (χ1v) is 10.3. The van der Waals surface area contributed by atoms with E-state index in [2.05, 4.69) is 0 Å². The van der Waals surface area contributed by atoms with Crippen LogP contribution in [0.3, 0.4) is 0 Å². The smallest absolute Gasteiger partial charge is 0.306 e. The lowest BCUT2D eigenvalue weighted by molar-refractivity contribution is -0.283. The SMILES string of the molecule is CC1(CC(=O)OCc2ccccc2)COC(C)(C)OC1.CC1(N)COC(C)(C)OC1. The van der Waals surface area contributed by atoms with Crippen LogP contribution < -0.4 is 5.73 Å². The highest BCUT2D eigenvalue weighted by Crippen LogP contribution is 2.32. The van der Waals surface area contributed by atoms with Crippen LogP contribution in [0.1, 0.15) is 53.5 Å². The Morgan fingerprint density at radius 2 is 1.33 bits per heavy atom. The molecule has 2 fully saturated rings. The number of benzene rings is 1. The van der Waals surface area contributed by atoms with Gasteiger partial charge in [0.25, 0.3) is 0 Å². The van der Waals surface area contributed by atoms with E-state index in [4.69, 9.17) is 29.4 Å². The number of rotatable bonds is 4. The predicted molar refractivity (Wildman–Crippen MR) is 114 cm³/mol. The molecule has 0 atom stereocenters. The predicted octanol–water partition coefficient (Wildman–Crippen LogP) is 3.40. The van der Waals surface area contributed by atoms with E-state index in [-0.39, 0.29) is 16.9 Å². The minimum absolute atomic E-state index is 0.219. The molecule has 3 rings (SSSR count). The molecule has 1 aromatic carbocycles. The summed E-state index contributed by atoms with van der Waals surface area (Å²) in [6.45, 7) is 13.9. The van der Waals surface area contributed by atoms with Crippen LogP contribution in [-0.2, 0) is 35.1 Å². The van der Waals surface area contributed by atoms with Crippen LogP contribution in [0.2, 0.25) is 0 Å². The highest BCUT2D eigenvalue weighted by atomic mass is 16.7. The van der Waals surface area contributed by atoms with Gasteiger partial charge in [0.1, 0.15) is 6.61 Å². The second-order valence-corrected chi connectivity index (χ2v) is 9.74. The normalized spacial score (nSPS) is 23.6. The average molecular weight is 424 g/mol. The summed E-state index contributed by atoms with van der Waals surface area (Å²) in [6.07, 6.45) is 0.302. The summed E-state index contributed by atoms with van der Waals surface area (Å²) in [4.78, 5) is 11.9. The van der Waals surface area contributed by atoms with Gasteiger partial charge in [0.05, 0.1) is 38.4 Å². The van der Waals surface area contributed by atoms with Crippen molar-refractivity contribution < 1.29 is 28.5 Å². The Balaban J connectivity index is 0.000000269. The van der Waals surface area contributed by atoms with Gasteiger partial charge < -0.3 is 29.4 Å². The van der Waals surface area contributed by atoms with Crippen LogP contribution in [0.15, 0.2) is 30.3 Å². The zero-order valence-electron chi connectivity index (χ0n) is 19.2. The molecule has 0 spiro atoms. The van der Waals surface area contributed by atoms with E-state index >= 15 is 0 Å². The molecule has 0 amide bonds. The van der Waals surface area contributed by atoms with Gasteiger partial charge in [-0.25, -0.2) is 0 Å². The van der Waals surface area contributed by atoms with Crippen molar-refractivity contribution in [3.8, 4) is 0 Å². The van der Waals surface area contributed by atoms with Gasteiger partial charge in [-0.15, -0.1) is 0 Å². The van der Waals surface area contributed by atoms with Gasteiger partial charge in [-0.1, -0.05) is 37.3 Å². The zero-order chi connectivity index (χ0) is 22.5. The van der Waals surface area contributed by atoms with Gasteiger partial charge in [0.2, 0.25) is 0 Å². The van der Waals surface area contributed by atoms with E-state index in [1.807, 2.05) is 71.9 Å². The summed E-state index contributed by atoms with van der Waals surface area (Å²) in [5.74, 6) is -1.23. The van der Waals surface area contributed by atoms with E-state index in [0.717, 1.165) is 5.56 Å². The van der Waals surface area contributed by atoms with Crippen molar-refractivity contribution in [2.24, 2.45) is 11.1 Å². The largest absolute Gasteiger partial charge is 0.461 e. The molecule has 0 aromatic heterocycles. The lowest BCUT2D eigenvalue weighted by Gasteiger charge is -2.40. The monoisotopic (exact) mass is 423 g/mol. The molecular formula is C23H37NO6. The van der Waals surface area contributed by atoms with Crippen molar-refractivity contribution in [3.05, 3.63) is 35.9 Å². The van der Waals surface area contributed by atoms with Crippen molar-refractivity contribution in [3.63, 3.8) is 0 Å². The fourth-order valence-corrected chi connectivity index (χ4v) is 2.78. The first kappa shape index (κ1) is 24.8. The number of carbonyl (C=O) groups is 1. The van der Waals surface area contributed by atoms with Gasteiger partial charge in [0, 0.05) is 5.41 Å². The van der Waals surface area contributed by atoms with E-state index < -0.39 is 11.6 Å². The molecule has 2 N–H and O–H groups in total. The Bertz CT molecular complexity index is 648. The minimum atomic E-state index is -0.562. The number of hydrogen-bond acceptors (Lipinski definition) is 7. The van der Waals surface area contributed by atoms with E-state index in [1.54, 1.807) is 0 Å². The molecule has 0 aliphatic carbocycles. The molecule has 1 aromatic rings. The lowest BCUT2D eigenvalue weighted by Crippen LogP contribution is -2.54. The van der Waals surface area contributed by atoms with Gasteiger partial charge in [-0.3, -0.25) is 4.79 Å². The summed E-state index contributed by atoms with van der Waals surface area (Å²) in [6, 6.07) is 9.66. The molecule has 2 aliphatic rings. The van der Waals surface area contributed by atoms with Crippen LogP contribution in [0.5, 0.6) is 0 Å². The van der Waals surface area contributed by atoms with Crippen LogP contribution in [0.25, 0.3) is 0 Å². The summed E-state index contributed by atoms with van der Waals surface area (Å²) in [5.41, 5.74) is 6.11. The summed E-state index contributed by atoms with van der Waals surface area (Å²) in [5, 5.41) is 0. The number of esters is 1. The van der Waals surface area contributed by atoms with E-state index in [1.165, 1.54) is 0 Å². The van der Waals surface area contributed by atoms with Crippen molar-refractivity contribution in [2.45, 2.75) is 71.7 Å². The third-order valence-electron chi connectivity index (χ3n) is 4.85. The average Bonchev–Trinajstić information content (AvgIpc) is 2.67. The Hall–Kier alpha value is -1.51. The first-order chi connectivity index (χ1) is 13.8. The van der Waals surface area contributed by atoms with Crippen LogP contribution in [0.4, 0.5) is 0 Å². The van der Waals surface area contributed by atoms with Crippen molar-refractivity contribution in [1.29, 1.82) is 0 Å². The summed E-state index contributed by atoms with van der Waals surface area (Å²) < 4.78 is 27.2. The molecule has 30 heavy (non-hydrogen) atoms. The second-order valence-electron chi connectivity index (χ2n) is 9.74. The molecular weight excluding hydrogens is 386 g/mol. The van der Waals surface area contributed by atoms with Gasteiger partial charge in [-0.05, 0) is 40.2 Å². The summed E-state index contributed by atoms with van der Waals surface area (Å²) in [7, 11) is 0. The first-order valence-electron chi connectivity index (χ1n) is 10.3. The molecule has 2 saturated heterocycles. The van der Waals surface area contributed by atoms with Crippen molar-refractivity contribution in [2.75, 3.05) is 26.4 Å². The lowest BCUT2D eigenvalue weighted by atomic mass is 9.88. The highest BCUT2D eigenvalue weighted by Gasteiger charge is 2.38. The molecule has 7 nitrogen and oxygen atoms in total. The van der Waals surface area contributed by atoms with E-state index in [9.17, 15) is 4.79 Å². The van der Waals surface area contributed by atoms with Crippen LogP contribution >= 0.6 is 0 Å². The Labute approximate surface area is 180 Å². The van der Waals surface area contributed by atoms with Crippen molar-refractivity contribution in [1.82, 2.24) is 0 Å². The third kappa shape index (κ3) is 8.70. The molecule has 7 heteroatoms. The molecule has 0 bridgehead atoms. The fourth-order valence-electron chi connectivity index (χ4n) is 2.78. The Kier molecular flexibility index (Phi) is 8.04. The van der Waals surface area contributed by atoms with Crippen LogP contribution in [-0.4, -0.2) is 49.5 Å². The Morgan fingerprint density at radius 3 is 1.80 bits per heavy atom. The topological polar surface area (TPSA) is 89.2 Å². The maximum atomic E-state index is 11.9. The minimum Gasteiger partial charge on any atom is -0.461 e. The summed E-state index contributed by atoms with van der Waals surface area (Å²) >= 11 is 0. The van der Waals surface area contributed by atoms with Gasteiger partial charge >= 0.3 is 5.97 Å². The highest BCUT2D eigenvalue weighted by molar-refractivity contribution is 5.70. The molecule has 2 heterocycles. The number of hydrogen-bond donors (Lipinski definition) is 1. The number of ether oxygens (including phenoxy) is 5. The van der Waals surface area contributed by atoms with Gasteiger partial charge in [0.15, 0.2) is 11.6 Å². The number of carbonyl (C=O) groups excluding carboxylic acids is 1. The second kappa shape index (κ2) is 9.75. The quantitative estimate of drug-likeness (QED) is 0.743. The van der Waals surface area contributed by atoms with E-state index in [0.29, 0.717) is 39.5 Å². The molecule has 0 unspecified atom stereocenters. The third-order valence-corrected chi connectivity index (χ3v) is 4.85. The molecule has 2 aliphatic heterocycles. The zero-order valence-corrected chi connectivity index (χ0v) is 19.2. The van der Waals surface area contributed by atoms with Crippen molar-refractivity contribution >= 4 is 5.97 Å². The maximum absolute atomic E-state index is 11.9. The standard InChI is InChI=1S/C16H22O4.C7H15NO2/c1-15(2)19-11-16(3,12-20-15)9-14(17)18-10-13-7-5-4-6-8-13;1-6(2)9-4-7(3,8)5-10-6/h4-8H,9-12H2,1-3H3;4-5,8H2,1-3H3. The fraction of sp³-hybridized carbons (Fsp3) is 0.696. The molecule has 0 radical (unpaired) electrons. The Morgan fingerprint density at radius 1 is 0.867 bits per heavy atom. The number of nitrogens with two attached hydrogens (primary N) is 1. The molecule has 0 saturated carbocycles.